The Labute approximate surface area is 144 Å². The molecule has 4 atom stereocenters. The molecule has 2 aromatic rings. The summed E-state index contributed by atoms with van der Waals surface area (Å²) in [6.45, 7) is 2.14. The van der Waals surface area contributed by atoms with E-state index in [-0.39, 0.29) is 5.82 Å². The Kier molecular flexibility index (Phi) is 4.35. The highest BCUT2D eigenvalue weighted by atomic mass is 127. The van der Waals surface area contributed by atoms with Crippen molar-refractivity contribution in [2.45, 2.75) is 31.5 Å². The first kappa shape index (κ1) is 16.3. The largest absolute Gasteiger partial charge is 0.387 e. The number of aromatic nitrogens is 4. The van der Waals surface area contributed by atoms with E-state index in [0.717, 1.165) is 0 Å². The van der Waals surface area contributed by atoms with Gasteiger partial charge >= 0.3 is 0 Å². The highest BCUT2D eigenvalue weighted by Crippen LogP contribution is 2.32. The minimum atomic E-state index is -1.36. The van der Waals surface area contributed by atoms with Gasteiger partial charge in [0.25, 0.3) is 5.91 Å². The molecule has 5 N–H and O–H groups in total. The second kappa shape index (κ2) is 6.14. The molecule has 1 aliphatic heterocycles. The quantitative estimate of drug-likeness (QED) is 0.347. The third-order valence-electron chi connectivity index (χ3n) is 3.54. The number of hydrogen-bond acceptors (Lipinski definition) is 8. The number of nitrogen functional groups attached to an aromatic ring is 1. The monoisotopic (exact) mass is 434 g/mol. The Morgan fingerprint density at radius 3 is 2.91 bits per heavy atom. The minimum Gasteiger partial charge on any atom is -0.387 e. The van der Waals surface area contributed by atoms with Gasteiger partial charge in [0.05, 0.1) is 6.33 Å². The molecule has 3 rings (SSSR count). The number of aliphatic hydroxyl groups excluding tert-OH is 2. The van der Waals surface area contributed by atoms with Crippen molar-refractivity contribution in [3.8, 4) is 0 Å². The van der Waals surface area contributed by atoms with E-state index in [9.17, 15) is 15.0 Å². The molecular formula is C12H15IN6O4. The maximum absolute atomic E-state index is 11.9. The number of hydrogen-bond donors (Lipinski definition) is 4. The molecule has 1 aliphatic rings. The van der Waals surface area contributed by atoms with Gasteiger partial charge < -0.3 is 26.0 Å². The number of nitrogens with two attached hydrogens (primary N) is 1. The van der Waals surface area contributed by atoms with Crippen LogP contribution < -0.4 is 11.1 Å². The van der Waals surface area contributed by atoms with Gasteiger partial charge in [-0.05, 0) is 6.92 Å². The highest BCUT2D eigenvalue weighted by Gasteiger charge is 2.47. The van der Waals surface area contributed by atoms with Crippen molar-refractivity contribution in [2.75, 3.05) is 12.3 Å². The van der Waals surface area contributed by atoms with E-state index < -0.39 is 30.4 Å². The van der Waals surface area contributed by atoms with Gasteiger partial charge in [-0.25, -0.2) is 15.0 Å². The van der Waals surface area contributed by atoms with Gasteiger partial charge in [0.2, 0.25) is 0 Å². The van der Waals surface area contributed by atoms with Crippen LogP contribution in [0.1, 0.15) is 13.2 Å². The van der Waals surface area contributed by atoms with E-state index in [2.05, 4.69) is 20.3 Å². The van der Waals surface area contributed by atoms with Crippen molar-refractivity contribution in [2.24, 2.45) is 0 Å². The first-order valence-corrected chi connectivity index (χ1v) is 7.96. The maximum atomic E-state index is 11.9. The fourth-order valence-corrected chi connectivity index (χ4v) is 2.97. The zero-order valence-corrected chi connectivity index (χ0v) is 14.2. The van der Waals surface area contributed by atoms with Crippen LogP contribution >= 0.6 is 22.6 Å². The van der Waals surface area contributed by atoms with E-state index >= 15 is 0 Å². The molecule has 0 spiro atoms. The lowest BCUT2D eigenvalue weighted by molar-refractivity contribution is -0.137. The van der Waals surface area contributed by atoms with E-state index in [0.29, 0.717) is 21.5 Å². The number of nitrogens with one attached hydrogen (secondary N) is 1. The summed E-state index contributed by atoms with van der Waals surface area (Å²) < 4.78 is 7.38. The van der Waals surface area contributed by atoms with Crippen LogP contribution in [0.4, 0.5) is 5.82 Å². The van der Waals surface area contributed by atoms with Gasteiger partial charge in [0, 0.05) is 29.1 Å². The van der Waals surface area contributed by atoms with Crippen molar-refractivity contribution in [1.82, 2.24) is 24.8 Å². The van der Waals surface area contributed by atoms with Crippen LogP contribution in [0.2, 0.25) is 0 Å². The smallest absolute Gasteiger partial charge is 0.252 e. The normalized spacial score (nSPS) is 27.5. The zero-order chi connectivity index (χ0) is 16.7. The van der Waals surface area contributed by atoms with E-state index in [1.54, 1.807) is 6.92 Å². The topological polar surface area (TPSA) is 148 Å². The summed E-state index contributed by atoms with van der Waals surface area (Å²) >= 11 is 1.91. The second-order valence-corrected chi connectivity index (χ2v) is 5.99. The van der Waals surface area contributed by atoms with Gasteiger partial charge in [-0.1, -0.05) is 0 Å². The molecule has 0 aliphatic carbocycles. The Morgan fingerprint density at radius 1 is 1.48 bits per heavy atom. The Bertz CT molecular complexity index is 752. The van der Waals surface area contributed by atoms with Gasteiger partial charge in [-0.2, -0.15) is 0 Å². The number of aliphatic hydroxyl groups is 2. The SMILES string of the molecule is CCNC(=O)C1O[C@@H](n2cnc3c(N)nc(I)nc32)[C@H](O)[C@@H]1O. The second-order valence-electron chi connectivity index (χ2n) is 5.02. The Morgan fingerprint density at radius 2 is 2.22 bits per heavy atom. The number of fused-ring (bicyclic) bond motifs is 1. The molecule has 124 valence electrons. The predicted octanol–water partition coefficient (Wildman–Crippen LogP) is -1.23. The maximum Gasteiger partial charge on any atom is 0.252 e. The lowest BCUT2D eigenvalue weighted by atomic mass is 10.1. The van der Waals surface area contributed by atoms with Crippen LogP contribution in [0.3, 0.4) is 0 Å². The molecule has 0 aromatic carbocycles. The lowest BCUT2D eigenvalue weighted by Crippen LogP contribution is -2.42. The van der Waals surface area contributed by atoms with Crippen LogP contribution in [-0.2, 0) is 9.53 Å². The first-order valence-electron chi connectivity index (χ1n) is 6.89. The van der Waals surface area contributed by atoms with Gasteiger partial charge in [0.1, 0.15) is 17.7 Å². The molecule has 11 heteroatoms. The number of carbonyl (C=O) groups excluding carboxylic acids is 1. The average Bonchev–Trinajstić information content (AvgIpc) is 3.02. The summed E-state index contributed by atoms with van der Waals surface area (Å²) in [7, 11) is 0. The average molecular weight is 434 g/mol. The van der Waals surface area contributed by atoms with E-state index in [4.69, 9.17) is 10.5 Å². The zero-order valence-electron chi connectivity index (χ0n) is 12.0. The predicted molar refractivity (Wildman–Crippen MR) is 87.1 cm³/mol. The fourth-order valence-electron chi connectivity index (χ4n) is 2.48. The number of likely N-dealkylation sites (N-methyl/N-ethyl adjacent to an activating group) is 1. The molecule has 1 unspecified atom stereocenters. The van der Waals surface area contributed by atoms with E-state index in [1.165, 1.54) is 10.9 Å². The number of carbonyl (C=O) groups is 1. The van der Waals surface area contributed by atoms with Crippen molar-refractivity contribution >= 4 is 45.5 Å². The van der Waals surface area contributed by atoms with Crippen molar-refractivity contribution in [1.29, 1.82) is 0 Å². The summed E-state index contributed by atoms with van der Waals surface area (Å²) in [5, 5.41) is 22.9. The number of anilines is 1. The number of nitrogens with zero attached hydrogens (tertiary/aromatic N) is 4. The van der Waals surface area contributed by atoms with E-state index in [1.807, 2.05) is 22.6 Å². The highest BCUT2D eigenvalue weighted by molar-refractivity contribution is 14.1. The molecule has 1 amide bonds. The first-order chi connectivity index (χ1) is 10.9. The molecular weight excluding hydrogens is 419 g/mol. The van der Waals surface area contributed by atoms with Crippen molar-refractivity contribution < 1.29 is 19.7 Å². The van der Waals surface area contributed by atoms with Gasteiger partial charge in [0.15, 0.2) is 27.6 Å². The number of amides is 1. The fraction of sp³-hybridized carbons (Fsp3) is 0.500. The molecule has 0 radical (unpaired) electrons. The minimum absolute atomic E-state index is 0.200. The molecule has 0 bridgehead atoms. The number of halogens is 1. The Balaban J connectivity index is 1.98. The summed E-state index contributed by atoms with van der Waals surface area (Å²) in [5.41, 5.74) is 6.51. The standard InChI is InChI=1S/C12H15IN6O4/c1-2-15-10(22)7-5(20)6(21)11(23-7)19-3-16-4-8(14)17-12(13)18-9(4)19/h3,5-7,11,20-21H,2H2,1H3,(H,15,22)(H2,14,17,18)/t5-,6+,7?,11+/m0/s1. The van der Waals surface area contributed by atoms with Crippen LogP contribution in [0.15, 0.2) is 6.33 Å². The van der Waals surface area contributed by atoms with Crippen LogP contribution in [0.5, 0.6) is 0 Å². The van der Waals surface area contributed by atoms with Crippen LogP contribution in [-0.4, -0.2) is 60.5 Å². The summed E-state index contributed by atoms with van der Waals surface area (Å²) in [6.07, 6.45) is -3.47. The van der Waals surface area contributed by atoms with Crippen LogP contribution in [0.25, 0.3) is 11.2 Å². The third-order valence-corrected chi connectivity index (χ3v) is 4.03. The summed E-state index contributed by atoms with van der Waals surface area (Å²) in [6, 6.07) is 0. The molecule has 1 saturated heterocycles. The van der Waals surface area contributed by atoms with Crippen molar-refractivity contribution in [3.05, 3.63) is 10.2 Å². The molecule has 23 heavy (non-hydrogen) atoms. The molecule has 2 aromatic heterocycles. The molecule has 1 fully saturated rings. The number of imidazole rings is 1. The lowest BCUT2D eigenvalue weighted by Gasteiger charge is -2.16. The molecule has 0 saturated carbocycles. The number of ether oxygens (including phenoxy) is 1. The number of rotatable bonds is 3. The molecule has 3 heterocycles. The molecule has 10 nitrogen and oxygen atoms in total. The van der Waals surface area contributed by atoms with Gasteiger partial charge in [-0.3, -0.25) is 9.36 Å². The summed E-state index contributed by atoms with van der Waals surface area (Å²) in [4.78, 5) is 24.2. The third kappa shape index (κ3) is 2.73. The summed E-state index contributed by atoms with van der Waals surface area (Å²) in [5.74, 6) is -0.291. The van der Waals surface area contributed by atoms with Crippen LogP contribution in [0, 0.1) is 3.83 Å². The van der Waals surface area contributed by atoms with Crippen molar-refractivity contribution in [3.63, 3.8) is 0 Å². The Hall–Kier alpha value is -1.57. The van der Waals surface area contributed by atoms with Gasteiger partial charge in [-0.15, -0.1) is 0 Å².